The van der Waals surface area contributed by atoms with Crippen LogP contribution in [0.3, 0.4) is 0 Å². The van der Waals surface area contributed by atoms with Crippen molar-refractivity contribution in [2.45, 2.75) is 77.4 Å². The molecule has 5 nitrogen and oxygen atoms in total. The van der Waals surface area contributed by atoms with Gasteiger partial charge in [0.25, 0.3) is 5.91 Å². The van der Waals surface area contributed by atoms with Crippen molar-refractivity contribution in [2.75, 3.05) is 19.6 Å². The maximum Gasteiger partial charge on any atom is 0.263 e. The molecule has 2 aliphatic heterocycles. The zero-order valence-electron chi connectivity index (χ0n) is 21.2. The Morgan fingerprint density at radius 2 is 1.69 bits per heavy atom. The second-order valence-corrected chi connectivity index (χ2v) is 10.5. The molecule has 186 valence electrons. The topological polar surface area (TPSA) is 49.9 Å². The number of benzene rings is 2. The summed E-state index contributed by atoms with van der Waals surface area (Å²) in [7, 11) is 0. The fourth-order valence-electron chi connectivity index (χ4n) is 6.03. The minimum Gasteiger partial charge on any atom is -0.481 e. The smallest absolute Gasteiger partial charge is 0.263 e. The summed E-state index contributed by atoms with van der Waals surface area (Å²) < 4.78 is 6.31. The van der Waals surface area contributed by atoms with E-state index in [1.165, 1.54) is 11.1 Å². The second kappa shape index (κ2) is 10.4. The molecular formula is C30H38N2O3. The van der Waals surface area contributed by atoms with Crippen molar-refractivity contribution in [2.24, 2.45) is 5.92 Å². The van der Waals surface area contributed by atoms with Crippen LogP contribution in [0.1, 0.15) is 80.2 Å². The third-order valence-corrected chi connectivity index (χ3v) is 8.07. The summed E-state index contributed by atoms with van der Waals surface area (Å²) in [6, 6.07) is 14.7. The van der Waals surface area contributed by atoms with Crippen LogP contribution in [0.5, 0.6) is 5.75 Å². The van der Waals surface area contributed by atoms with Gasteiger partial charge < -0.3 is 14.5 Å². The number of hydrogen-bond donors (Lipinski definition) is 0. The van der Waals surface area contributed by atoms with Crippen LogP contribution in [0.25, 0.3) is 0 Å². The molecule has 2 heterocycles. The van der Waals surface area contributed by atoms with Crippen molar-refractivity contribution in [3.63, 3.8) is 0 Å². The number of aryl methyl sites for hydroxylation is 1. The van der Waals surface area contributed by atoms with Crippen LogP contribution in [-0.2, 0) is 16.0 Å². The predicted octanol–water partition coefficient (Wildman–Crippen LogP) is 5.44. The molecule has 1 aliphatic carbocycles. The van der Waals surface area contributed by atoms with Crippen molar-refractivity contribution in [3.8, 4) is 5.75 Å². The number of nitrogens with zero attached hydrogens (tertiary/aromatic N) is 2. The first kappa shape index (κ1) is 23.9. The van der Waals surface area contributed by atoms with Crippen LogP contribution < -0.4 is 4.74 Å². The second-order valence-electron chi connectivity index (χ2n) is 10.5. The molecule has 5 rings (SSSR count). The van der Waals surface area contributed by atoms with Gasteiger partial charge in [-0.05, 0) is 74.3 Å². The molecule has 2 atom stereocenters. The Kier molecular flexibility index (Phi) is 7.12. The molecular weight excluding hydrogens is 436 g/mol. The summed E-state index contributed by atoms with van der Waals surface area (Å²) >= 11 is 0. The summed E-state index contributed by atoms with van der Waals surface area (Å²) in [6.45, 7) is 6.50. The van der Waals surface area contributed by atoms with E-state index in [9.17, 15) is 9.59 Å². The zero-order valence-corrected chi connectivity index (χ0v) is 21.2. The number of likely N-dealkylation sites (tertiary alicyclic amines) is 1. The lowest BCUT2D eigenvalue weighted by atomic mass is 9.86. The summed E-state index contributed by atoms with van der Waals surface area (Å²) in [5.41, 5.74) is 4.74. The fraction of sp³-hybridized carbons (Fsp3) is 0.533. The highest BCUT2D eigenvalue weighted by molar-refractivity contribution is 5.82. The highest BCUT2D eigenvalue weighted by Crippen LogP contribution is 2.40. The number of carbonyl (C=O) groups excluding carboxylic acids is 2. The maximum atomic E-state index is 13.7. The lowest BCUT2D eigenvalue weighted by molar-refractivity contribution is -0.138. The fourth-order valence-corrected chi connectivity index (χ4v) is 6.03. The van der Waals surface area contributed by atoms with Gasteiger partial charge in [0.1, 0.15) is 5.75 Å². The van der Waals surface area contributed by atoms with Crippen LogP contribution in [0.15, 0.2) is 42.5 Å². The average Bonchev–Trinajstić information content (AvgIpc) is 3.61. The Hall–Kier alpha value is -2.82. The van der Waals surface area contributed by atoms with Gasteiger partial charge in [0, 0.05) is 25.6 Å². The summed E-state index contributed by atoms with van der Waals surface area (Å²) in [6.07, 6.45) is 7.47. The Morgan fingerprint density at radius 3 is 2.37 bits per heavy atom. The normalized spacial score (nSPS) is 21.1. The van der Waals surface area contributed by atoms with Gasteiger partial charge in [-0.15, -0.1) is 0 Å². The minimum absolute atomic E-state index is 0.0934. The van der Waals surface area contributed by atoms with Gasteiger partial charge >= 0.3 is 0 Å². The summed E-state index contributed by atoms with van der Waals surface area (Å²) in [5, 5.41) is 0. The third kappa shape index (κ3) is 4.96. The average molecular weight is 475 g/mol. The van der Waals surface area contributed by atoms with Crippen LogP contribution in [0.4, 0.5) is 0 Å². The number of ether oxygens (including phenoxy) is 1. The first-order chi connectivity index (χ1) is 17.0. The summed E-state index contributed by atoms with van der Waals surface area (Å²) in [4.78, 5) is 30.7. The standard InChI is InChI=1S/C30H38N2O3/c1-3-27(30(34)31-17-6-7-18-31)35-25-15-14-22-16-19-32(29(33)24-8-4-5-9-24)28(26(22)20-25)23-12-10-21(2)11-13-23/h10-15,20,24,27-28H,3-9,16-19H2,1-2H3/t27-,28+/m1/s1. The Bertz CT molecular complexity index is 1050. The van der Waals surface area contributed by atoms with Gasteiger partial charge in [-0.1, -0.05) is 55.7 Å². The van der Waals surface area contributed by atoms with E-state index in [-0.39, 0.29) is 17.9 Å². The molecule has 2 aromatic carbocycles. The van der Waals surface area contributed by atoms with E-state index in [2.05, 4.69) is 48.2 Å². The largest absolute Gasteiger partial charge is 0.481 e. The Labute approximate surface area is 209 Å². The molecule has 0 aromatic heterocycles. The Morgan fingerprint density at radius 1 is 0.971 bits per heavy atom. The van der Waals surface area contributed by atoms with Crippen molar-refractivity contribution in [3.05, 3.63) is 64.7 Å². The van der Waals surface area contributed by atoms with E-state index in [4.69, 9.17) is 4.74 Å². The number of rotatable bonds is 6. The predicted molar refractivity (Wildman–Crippen MR) is 137 cm³/mol. The maximum absolute atomic E-state index is 13.7. The van der Waals surface area contributed by atoms with Gasteiger partial charge in [-0.2, -0.15) is 0 Å². The van der Waals surface area contributed by atoms with Crippen molar-refractivity contribution >= 4 is 11.8 Å². The molecule has 0 unspecified atom stereocenters. The molecule has 2 amide bonds. The Balaban J connectivity index is 1.46. The zero-order chi connectivity index (χ0) is 24.4. The SMILES string of the molecule is CC[C@@H](Oc1ccc2c(c1)[C@H](c1ccc(C)cc1)N(C(=O)C1CCCC1)CC2)C(=O)N1CCCC1. The van der Waals surface area contributed by atoms with Gasteiger partial charge in [0.15, 0.2) is 6.10 Å². The van der Waals surface area contributed by atoms with Crippen LogP contribution in [0.2, 0.25) is 0 Å². The van der Waals surface area contributed by atoms with Crippen LogP contribution in [0, 0.1) is 12.8 Å². The molecule has 0 spiro atoms. The van der Waals surface area contributed by atoms with Crippen molar-refractivity contribution in [1.29, 1.82) is 0 Å². The molecule has 35 heavy (non-hydrogen) atoms. The van der Waals surface area contributed by atoms with E-state index >= 15 is 0 Å². The summed E-state index contributed by atoms with van der Waals surface area (Å²) in [5.74, 6) is 1.25. The van der Waals surface area contributed by atoms with Gasteiger partial charge in [0.05, 0.1) is 6.04 Å². The lowest BCUT2D eigenvalue weighted by Crippen LogP contribution is -2.43. The van der Waals surface area contributed by atoms with E-state index in [0.29, 0.717) is 12.3 Å². The van der Waals surface area contributed by atoms with E-state index < -0.39 is 6.10 Å². The first-order valence-corrected chi connectivity index (χ1v) is 13.5. The molecule has 0 bridgehead atoms. The first-order valence-electron chi connectivity index (χ1n) is 13.5. The molecule has 1 saturated carbocycles. The van der Waals surface area contributed by atoms with E-state index in [1.54, 1.807) is 0 Å². The van der Waals surface area contributed by atoms with E-state index in [0.717, 1.165) is 81.5 Å². The highest BCUT2D eigenvalue weighted by Gasteiger charge is 2.36. The van der Waals surface area contributed by atoms with Crippen molar-refractivity contribution in [1.82, 2.24) is 9.80 Å². The number of carbonyl (C=O) groups is 2. The number of hydrogen-bond acceptors (Lipinski definition) is 3. The molecule has 1 saturated heterocycles. The van der Waals surface area contributed by atoms with Crippen molar-refractivity contribution < 1.29 is 14.3 Å². The van der Waals surface area contributed by atoms with Gasteiger partial charge in [-0.25, -0.2) is 0 Å². The molecule has 0 radical (unpaired) electrons. The molecule has 2 fully saturated rings. The molecule has 2 aromatic rings. The van der Waals surface area contributed by atoms with Gasteiger partial charge in [-0.3, -0.25) is 9.59 Å². The van der Waals surface area contributed by atoms with Gasteiger partial charge in [0.2, 0.25) is 5.91 Å². The molecule has 5 heteroatoms. The third-order valence-electron chi connectivity index (χ3n) is 8.07. The van der Waals surface area contributed by atoms with Crippen LogP contribution in [-0.4, -0.2) is 47.4 Å². The van der Waals surface area contributed by atoms with Crippen LogP contribution >= 0.6 is 0 Å². The molecule has 3 aliphatic rings. The monoisotopic (exact) mass is 474 g/mol. The van der Waals surface area contributed by atoms with E-state index in [1.807, 2.05) is 17.9 Å². The quantitative estimate of drug-likeness (QED) is 0.560. The lowest BCUT2D eigenvalue weighted by Gasteiger charge is -2.39. The highest BCUT2D eigenvalue weighted by atomic mass is 16.5. The minimum atomic E-state index is -0.469. The molecule has 0 N–H and O–H groups in total. The number of amides is 2. The number of fused-ring (bicyclic) bond motifs is 1.